The second-order valence-corrected chi connectivity index (χ2v) is 3.25. The number of carbonyl (C=O) groups excluding carboxylic acids is 1. The van der Waals surface area contributed by atoms with Crippen molar-refractivity contribution in [1.29, 1.82) is 0 Å². The molecule has 1 N–H and O–H groups in total. The average molecular weight is 201 g/mol. The van der Waals surface area contributed by atoms with E-state index in [1.165, 1.54) is 12.4 Å². The molecule has 0 atom stereocenters. The molecule has 0 spiro atoms. The molecule has 0 unspecified atom stereocenters. The summed E-state index contributed by atoms with van der Waals surface area (Å²) >= 11 is 0. The second kappa shape index (κ2) is 2.63. The Morgan fingerprint density at radius 1 is 1.33 bits per heavy atom. The Kier molecular flexibility index (Phi) is 1.42. The highest BCUT2D eigenvalue weighted by Crippen LogP contribution is 2.25. The van der Waals surface area contributed by atoms with Crippen molar-refractivity contribution in [1.82, 2.24) is 19.7 Å². The Hall–Kier alpha value is -2.24. The first-order valence-corrected chi connectivity index (χ1v) is 4.42. The number of nitrogens with one attached hydrogen (secondary N) is 1. The van der Waals surface area contributed by atoms with Crippen molar-refractivity contribution >= 4 is 28.8 Å². The normalized spacial score (nSPS) is 14.1. The maximum atomic E-state index is 11.3. The van der Waals surface area contributed by atoms with E-state index in [1.54, 1.807) is 17.8 Å². The molecule has 1 aliphatic heterocycles. The molecule has 1 aliphatic rings. The minimum absolute atomic E-state index is 0.198. The Morgan fingerprint density at radius 3 is 3.07 bits per heavy atom. The number of nitrogens with zero attached hydrogens (tertiary/aromatic N) is 4. The highest BCUT2D eigenvalue weighted by molar-refractivity contribution is 6.10. The van der Waals surface area contributed by atoms with Gasteiger partial charge in [-0.05, 0) is 6.08 Å². The first-order valence-electron chi connectivity index (χ1n) is 4.42. The van der Waals surface area contributed by atoms with Gasteiger partial charge in [0.1, 0.15) is 12.1 Å². The molecule has 0 fully saturated rings. The van der Waals surface area contributed by atoms with E-state index < -0.39 is 0 Å². The summed E-state index contributed by atoms with van der Waals surface area (Å²) in [6.45, 7) is 0. The number of aromatic nitrogens is 4. The number of hydrogen-bond donors (Lipinski definition) is 1. The van der Waals surface area contributed by atoms with E-state index in [2.05, 4.69) is 20.4 Å². The molecule has 0 saturated heterocycles. The predicted octanol–water partition coefficient (Wildman–Crippen LogP) is 0.329. The van der Waals surface area contributed by atoms with Gasteiger partial charge in [0.25, 0.3) is 0 Å². The lowest BCUT2D eigenvalue weighted by molar-refractivity contribution is -0.111. The summed E-state index contributed by atoms with van der Waals surface area (Å²) < 4.78 is 1.66. The lowest BCUT2D eigenvalue weighted by Gasteiger charge is -2.00. The molecule has 3 rings (SSSR count). The number of rotatable bonds is 0. The average Bonchev–Trinajstić information content (AvgIpc) is 2.45. The highest BCUT2D eigenvalue weighted by atomic mass is 16.1. The summed E-state index contributed by atoms with van der Waals surface area (Å²) in [6, 6.07) is 0. The van der Waals surface area contributed by atoms with Crippen LogP contribution in [0, 0.1) is 0 Å². The van der Waals surface area contributed by atoms with Gasteiger partial charge in [-0.2, -0.15) is 5.10 Å². The second-order valence-electron chi connectivity index (χ2n) is 3.25. The van der Waals surface area contributed by atoms with Crippen LogP contribution in [0.25, 0.3) is 17.1 Å². The fourth-order valence-corrected chi connectivity index (χ4v) is 1.64. The van der Waals surface area contributed by atoms with Crippen LogP contribution in [0.5, 0.6) is 0 Å². The van der Waals surface area contributed by atoms with Crippen LogP contribution < -0.4 is 5.32 Å². The fourth-order valence-electron chi connectivity index (χ4n) is 1.64. The number of anilines is 1. The maximum absolute atomic E-state index is 11.3. The van der Waals surface area contributed by atoms with Gasteiger partial charge in [-0.3, -0.25) is 4.79 Å². The molecule has 2 aromatic heterocycles. The Labute approximate surface area is 84.6 Å². The molecule has 0 aliphatic carbocycles. The Bertz CT molecular complexity index is 598. The first-order chi connectivity index (χ1) is 7.25. The van der Waals surface area contributed by atoms with Gasteiger partial charge in [-0.25, -0.2) is 14.6 Å². The molecular formula is C9H7N5O. The first kappa shape index (κ1) is 8.10. The zero-order valence-corrected chi connectivity index (χ0v) is 7.93. The van der Waals surface area contributed by atoms with Crippen LogP contribution in [-0.4, -0.2) is 25.7 Å². The van der Waals surface area contributed by atoms with Crippen LogP contribution in [-0.2, 0) is 11.8 Å². The van der Waals surface area contributed by atoms with Gasteiger partial charge in [0.2, 0.25) is 5.91 Å². The number of hydrogen-bond acceptors (Lipinski definition) is 4. The summed E-state index contributed by atoms with van der Waals surface area (Å²) in [6.07, 6.45) is 4.51. The van der Waals surface area contributed by atoms with E-state index in [9.17, 15) is 4.79 Å². The predicted molar refractivity (Wildman–Crippen MR) is 54.0 cm³/mol. The van der Waals surface area contributed by atoms with Gasteiger partial charge in [-0.15, -0.1) is 0 Å². The van der Waals surface area contributed by atoms with Crippen LogP contribution in [0.4, 0.5) is 5.82 Å². The summed E-state index contributed by atoms with van der Waals surface area (Å²) in [5.41, 5.74) is 1.42. The van der Waals surface area contributed by atoms with Crippen LogP contribution in [0.2, 0.25) is 0 Å². The maximum Gasteiger partial charge on any atom is 0.249 e. The van der Waals surface area contributed by atoms with Gasteiger partial charge in [0.05, 0.1) is 11.1 Å². The Morgan fingerprint density at radius 2 is 2.20 bits per heavy atom. The molecule has 1 amide bonds. The number of aryl methyl sites for hydroxylation is 1. The highest BCUT2D eigenvalue weighted by Gasteiger charge is 2.17. The van der Waals surface area contributed by atoms with Crippen molar-refractivity contribution in [3.8, 4) is 0 Å². The van der Waals surface area contributed by atoms with Crippen molar-refractivity contribution in [3.63, 3.8) is 0 Å². The zero-order chi connectivity index (χ0) is 10.4. The molecule has 2 aromatic rings. The number of amides is 1. The topological polar surface area (TPSA) is 72.7 Å². The standard InChI is InChI=1S/C9H7N5O/c1-14-9-7-5(13-14)2-3-6(15)12-8(7)10-4-11-9/h2-4H,1H3,(H,10,11,12,15). The lowest BCUT2D eigenvalue weighted by atomic mass is 10.3. The van der Waals surface area contributed by atoms with Crippen molar-refractivity contribution in [3.05, 3.63) is 18.1 Å². The van der Waals surface area contributed by atoms with Crippen molar-refractivity contribution in [2.24, 2.45) is 7.05 Å². The minimum Gasteiger partial charge on any atom is -0.306 e. The smallest absolute Gasteiger partial charge is 0.249 e. The third-order valence-corrected chi connectivity index (χ3v) is 2.28. The molecule has 0 radical (unpaired) electrons. The van der Waals surface area contributed by atoms with Crippen molar-refractivity contribution in [2.75, 3.05) is 5.32 Å². The Balaban J connectivity index is 2.47. The zero-order valence-electron chi connectivity index (χ0n) is 7.93. The van der Waals surface area contributed by atoms with Gasteiger partial charge in [-0.1, -0.05) is 0 Å². The summed E-state index contributed by atoms with van der Waals surface area (Å²) in [5.74, 6) is 0.314. The van der Waals surface area contributed by atoms with Gasteiger partial charge in [0, 0.05) is 13.1 Å². The third kappa shape index (κ3) is 1.04. The van der Waals surface area contributed by atoms with Crippen molar-refractivity contribution in [2.45, 2.75) is 0 Å². The molecule has 0 bridgehead atoms. The fraction of sp³-hybridized carbons (Fsp3) is 0.111. The van der Waals surface area contributed by atoms with Gasteiger partial charge in [0.15, 0.2) is 5.65 Å². The van der Waals surface area contributed by atoms with Crippen LogP contribution in [0.3, 0.4) is 0 Å². The van der Waals surface area contributed by atoms with E-state index >= 15 is 0 Å². The van der Waals surface area contributed by atoms with E-state index in [0.717, 1.165) is 5.39 Å². The van der Waals surface area contributed by atoms with Gasteiger partial charge >= 0.3 is 0 Å². The minimum atomic E-state index is -0.198. The van der Waals surface area contributed by atoms with Crippen LogP contribution in [0.1, 0.15) is 5.69 Å². The molecule has 15 heavy (non-hydrogen) atoms. The summed E-state index contributed by atoms with van der Waals surface area (Å²) in [4.78, 5) is 19.4. The molecule has 74 valence electrons. The third-order valence-electron chi connectivity index (χ3n) is 2.28. The number of carbonyl (C=O) groups is 1. The van der Waals surface area contributed by atoms with E-state index in [0.29, 0.717) is 17.2 Å². The van der Waals surface area contributed by atoms with Crippen LogP contribution >= 0.6 is 0 Å². The molecule has 0 saturated carbocycles. The summed E-state index contributed by atoms with van der Waals surface area (Å²) in [7, 11) is 1.81. The lowest BCUT2D eigenvalue weighted by Crippen LogP contribution is -2.08. The molecule has 6 nitrogen and oxygen atoms in total. The SMILES string of the molecule is Cn1nc2c3c(ncnc31)NC(=O)C=C2. The molecule has 0 aromatic carbocycles. The van der Waals surface area contributed by atoms with E-state index in [4.69, 9.17) is 0 Å². The van der Waals surface area contributed by atoms with Gasteiger partial charge < -0.3 is 5.32 Å². The molecular weight excluding hydrogens is 194 g/mol. The molecule has 6 heteroatoms. The quantitative estimate of drug-likeness (QED) is 0.666. The van der Waals surface area contributed by atoms with Crippen molar-refractivity contribution < 1.29 is 4.79 Å². The summed E-state index contributed by atoms with van der Waals surface area (Å²) in [5, 5.41) is 7.70. The van der Waals surface area contributed by atoms with E-state index in [-0.39, 0.29) is 5.91 Å². The van der Waals surface area contributed by atoms with Crippen LogP contribution in [0.15, 0.2) is 12.4 Å². The van der Waals surface area contributed by atoms with E-state index in [1.807, 2.05) is 0 Å². The molecule has 3 heterocycles. The monoisotopic (exact) mass is 201 g/mol. The largest absolute Gasteiger partial charge is 0.306 e.